The normalized spacial score (nSPS) is 11.0. The van der Waals surface area contributed by atoms with Crippen LogP contribution in [0.5, 0.6) is 0 Å². The summed E-state index contributed by atoms with van der Waals surface area (Å²) in [5.41, 5.74) is 5.83. The van der Waals surface area contributed by atoms with Crippen LogP contribution in [-0.2, 0) is 24.5 Å². The fourth-order valence-electron chi connectivity index (χ4n) is 3.39. The molecule has 0 saturated carbocycles. The van der Waals surface area contributed by atoms with Crippen molar-refractivity contribution < 1.29 is 4.74 Å². The number of hydrogen-bond acceptors (Lipinski definition) is 3. The Morgan fingerprint density at radius 3 is 2.32 bits per heavy atom. The molecule has 3 rings (SSSR count). The molecular formula is C22H23N2O2SSe. The second-order valence-electron chi connectivity index (χ2n) is 6.83. The number of aryl methyl sites for hydroxylation is 2. The van der Waals surface area contributed by atoms with E-state index in [0.29, 0.717) is 17.8 Å². The van der Waals surface area contributed by atoms with Crippen LogP contribution in [0.25, 0.3) is 11.3 Å². The average Bonchev–Trinajstić information content (AvgIpc) is 2.67. The van der Waals surface area contributed by atoms with Gasteiger partial charge >= 0.3 is 179 Å². The van der Waals surface area contributed by atoms with Crippen LogP contribution in [0.2, 0.25) is 0 Å². The summed E-state index contributed by atoms with van der Waals surface area (Å²) >= 11 is 8.37. The van der Waals surface area contributed by atoms with Crippen molar-refractivity contribution in [1.82, 2.24) is 8.15 Å². The van der Waals surface area contributed by atoms with E-state index >= 15 is 0 Å². The molecule has 0 N–H and O–H groups in total. The first-order chi connectivity index (χ1) is 13.4. The van der Waals surface area contributed by atoms with Crippen LogP contribution in [-0.4, -0.2) is 24.4 Å². The van der Waals surface area contributed by atoms with Gasteiger partial charge in [-0.05, 0) is 0 Å². The number of ether oxygens (including phenoxy) is 1. The molecule has 2 aromatic carbocycles. The predicted octanol–water partition coefficient (Wildman–Crippen LogP) is 4.33. The summed E-state index contributed by atoms with van der Waals surface area (Å²) in [6, 6.07) is 16.3. The number of nitrogens with zero attached hydrogens (tertiary/aromatic N) is 2. The first kappa shape index (κ1) is 20.7. The molecule has 0 atom stereocenters. The van der Waals surface area contributed by atoms with Crippen LogP contribution < -0.4 is 5.56 Å². The van der Waals surface area contributed by atoms with Crippen LogP contribution in [0.4, 0.5) is 0 Å². The molecule has 0 aliphatic carbocycles. The first-order valence-corrected chi connectivity index (χ1v) is 10.4. The predicted molar refractivity (Wildman–Crippen MR) is 116 cm³/mol. The van der Waals surface area contributed by atoms with Crippen molar-refractivity contribution in [2.45, 2.75) is 40.5 Å². The van der Waals surface area contributed by atoms with Gasteiger partial charge in [0.05, 0.1) is 0 Å². The van der Waals surface area contributed by atoms with Gasteiger partial charge in [-0.2, -0.15) is 0 Å². The van der Waals surface area contributed by atoms with Crippen molar-refractivity contribution in [3.05, 3.63) is 85.9 Å². The molecule has 1 heterocycles. The summed E-state index contributed by atoms with van der Waals surface area (Å²) in [6.45, 7) is 6.85. The zero-order valence-corrected chi connectivity index (χ0v) is 18.8. The molecule has 4 nitrogen and oxygen atoms in total. The minimum absolute atomic E-state index is 0.0963. The maximum absolute atomic E-state index is 12.8. The third kappa shape index (κ3) is 4.36. The van der Waals surface area contributed by atoms with Gasteiger partial charge in [-0.25, -0.2) is 0 Å². The van der Waals surface area contributed by atoms with Crippen molar-refractivity contribution in [1.29, 1.82) is 0 Å². The summed E-state index contributed by atoms with van der Waals surface area (Å²) < 4.78 is 9.69. The molecule has 28 heavy (non-hydrogen) atoms. The second-order valence-corrected chi connectivity index (χ2v) is 7.96. The van der Waals surface area contributed by atoms with Gasteiger partial charge in [-0.3, -0.25) is 0 Å². The van der Waals surface area contributed by atoms with E-state index in [9.17, 15) is 4.79 Å². The quantitative estimate of drug-likeness (QED) is 0.408. The van der Waals surface area contributed by atoms with E-state index in [2.05, 4.69) is 48.3 Å². The van der Waals surface area contributed by atoms with E-state index in [0.717, 1.165) is 33.5 Å². The minimum atomic E-state index is -0.0963. The van der Waals surface area contributed by atoms with Crippen LogP contribution in [0.3, 0.4) is 0 Å². The Bertz CT molecular complexity index is 1080. The first-order valence-electron chi connectivity index (χ1n) is 9.19. The Labute approximate surface area is 178 Å². The molecule has 0 unspecified atom stereocenters. The molecule has 0 aliphatic rings. The van der Waals surface area contributed by atoms with Crippen LogP contribution in [0.15, 0.2) is 53.3 Å². The summed E-state index contributed by atoms with van der Waals surface area (Å²) in [6.07, 6.45) is 0.608. The van der Waals surface area contributed by atoms with E-state index in [1.165, 1.54) is 3.58 Å². The van der Waals surface area contributed by atoms with Crippen molar-refractivity contribution in [3.63, 3.8) is 0 Å². The molecule has 145 valence electrons. The number of rotatable bonds is 6. The maximum atomic E-state index is 12.8. The third-order valence-corrected chi connectivity index (χ3v) is 5.96. The van der Waals surface area contributed by atoms with Crippen molar-refractivity contribution in [2.24, 2.45) is 0 Å². The molecule has 0 bridgehead atoms. The van der Waals surface area contributed by atoms with Crippen molar-refractivity contribution in [3.8, 4) is 11.3 Å². The standard InChI is InChI=1S/C22H23N2O2SSe/c1-4-19-20(18-11-15(2)10-16(3)12-18)23(22(27)24(28)21(19)25)14-26-13-17-8-6-5-7-9-17/h5-12H,4,13-14H2,1-3H3. The summed E-state index contributed by atoms with van der Waals surface area (Å²) in [5.74, 6) is 0. The third-order valence-electron chi connectivity index (χ3n) is 4.58. The van der Waals surface area contributed by atoms with E-state index in [1.54, 1.807) is 0 Å². The van der Waals surface area contributed by atoms with E-state index in [-0.39, 0.29) is 12.3 Å². The van der Waals surface area contributed by atoms with E-state index < -0.39 is 0 Å². The van der Waals surface area contributed by atoms with Gasteiger partial charge in [-0.15, -0.1) is 0 Å². The molecule has 0 saturated heterocycles. The van der Waals surface area contributed by atoms with Gasteiger partial charge in [0.1, 0.15) is 0 Å². The molecule has 6 heteroatoms. The van der Waals surface area contributed by atoms with Crippen molar-refractivity contribution in [2.75, 3.05) is 0 Å². The number of aromatic nitrogens is 2. The molecule has 0 fully saturated rings. The van der Waals surface area contributed by atoms with Crippen LogP contribution in [0, 0.1) is 18.6 Å². The molecule has 0 spiro atoms. The van der Waals surface area contributed by atoms with Gasteiger partial charge < -0.3 is 0 Å². The van der Waals surface area contributed by atoms with Crippen LogP contribution >= 0.6 is 12.2 Å². The van der Waals surface area contributed by atoms with Crippen molar-refractivity contribution >= 4 is 28.4 Å². The van der Waals surface area contributed by atoms with E-state index in [4.69, 9.17) is 17.0 Å². The number of benzene rings is 2. The fourth-order valence-corrected chi connectivity index (χ4v) is 4.05. The molecule has 3 aromatic rings. The Balaban J connectivity index is 2.10. The Morgan fingerprint density at radius 2 is 1.71 bits per heavy atom. The van der Waals surface area contributed by atoms with E-state index in [1.807, 2.05) is 41.8 Å². The van der Waals surface area contributed by atoms with Crippen LogP contribution in [0.1, 0.15) is 29.2 Å². The average molecular weight is 458 g/mol. The Hall–Kier alpha value is -1.98. The summed E-state index contributed by atoms with van der Waals surface area (Å²) in [4.78, 5) is 12.8. The second kappa shape index (κ2) is 9.01. The molecule has 0 amide bonds. The summed E-state index contributed by atoms with van der Waals surface area (Å²) in [5, 5.41) is 0. The van der Waals surface area contributed by atoms with Gasteiger partial charge in [0.2, 0.25) is 0 Å². The molecular weight excluding hydrogens is 435 g/mol. The molecule has 0 aliphatic heterocycles. The van der Waals surface area contributed by atoms with Gasteiger partial charge in [0.25, 0.3) is 0 Å². The molecule has 1 aromatic heterocycles. The molecule has 1 radical (unpaired) electrons. The number of hydrogen-bond donors (Lipinski definition) is 0. The van der Waals surface area contributed by atoms with Gasteiger partial charge in [0, 0.05) is 0 Å². The zero-order chi connectivity index (χ0) is 20.3. The van der Waals surface area contributed by atoms with Gasteiger partial charge in [0.15, 0.2) is 0 Å². The summed E-state index contributed by atoms with van der Waals surface area (Å²) in [7, 11) is 0. The van der Waals surface area contributed by atoms with Gasteiger partial charge in [-0.1, -0.05) is 0 Å². The Morgan fingerprint density at radius 1 is 1.07 bits per heavy atom. The fraction of sp³-hybridized carbons (Fsp3) is 0.273. The monoisotopic (exact) mass is 459 g/mol. The zero-order valence-electron chi connectivity index (χ0n) is 16.3. The Kier molecular flexibility index (Phi) is 6.68. The topological polar surface area (TPSA) is 36.2 Å². The SMILES string of the molecule is CCc1c(-c2cc(C)cc(C)c2)n(COCc2ccccc2)c(=S)n([Se])c1=O.